The van der Waals surface area contributed by atoms with Crippen molar-refractivity contribution in [3.05, 3.63) is 266 Å². The van der Waals surface area contributed by atoms with Crippen LogP contribution in [-0.2, 0) is 13.0 Å². The molecule has 0 radical (unpaired) electrons. The number of aryl methyl sites for hydroxylation is 2. The standard InChI is InChI=1S/C74H66N2/c1-5-7-23-56-30-22-35-68-66(56)39-41-76-72(73(51(3)6-2)67-33-17-18-34-69(67)74(68)76)50-75-40-20-19-36-71(75)70-49-59(38-37-52(70)4)57-31-21-32-58(42-57)63-44-62(55-28-15-10-16-29-55)47-65(48-63)64-45-60(53-24-11-8-12-25-53)43-61(46-64)54-26-13-9-14-27-54/h8-22,24-49,51,72-73H,5-7,23,50H2,1-4H3/q+2. The Bertz CT molecular complexity index is 3800. The number of hydrogen-bond donors (Lipinski definition) is 0. The van der Waals surface area contributed by atoms with E-state index in [2.05, 4.69) is 286 Å². The third-order valence-corrected chi connectivity index (χ3v) is 16.4. The summed E-state index contributed by atoms with van der Waals surface area (Å²) in [6.07, 6.45) is 9.34. The molecule has 9 aromatic carbocycles. The molecule has 3 unspecified atom stereocenters. The summed E-state index contributed by atoms with van der Waals surface area (Å²) in [6.45, 7) is 10.2. The summed E-state index contributed by atoms with van der Waals surface area (Å²) in [6, 6.07) is 88.4. The highest BCUT2D eigenvalue weighted by Crippen LogP contribution is 2.46. The zero-order valence-electron chi connectivity index (χ0n) is 44.3. The lowest BCUT2D eigenvalue weighted by molar-refractivity contribution is -0.792. The third-order valence-electron chi connectivity index (χ3n) is 16.4. The Hall–Kier alpha value is -8.46. The van der Waals surface area contributed by atoms with Gasteiger partial charge in [0.25, 0.3) is 0 Å². The van der Waals surface area contributed by atoms with Gasteiger partial charge in [0, 0.05) is 23.8 Å². The Morgan fingerprint density at radius 3 is 1.55 bits per heavy atom. The van der Waals surface area contributed by atoms with Gasteiger partial charge in [0.2, 0.25) is 24.0 Å². The molecule has 2 nitrogen and oxygen atoms in total. The second kappa shape index (κ2) is 21.4. The van der Waals surface area contributed by atoms with Crippen molar-refractivity contribution in [1.29, 1.82) is 0 Å². The molecule has 12 rings (SSSR count). The van der Waals surface area contributed by atoms with Crippen molar-refractivity contribution in [1.82, 2.24) is 0 Å². The van der Waals surface area contributed by atoms with E-state index in [9.17, 15) is 0 Å². The molecule has 2 heteroatoms. The van der Waals surface area contributed by atoms with E-state index in [1.54, 1.807) is 0 Å². The van der Waals surface area contributed by atoms with Crippen LogP contribution in [0.2, 0.25) is 0 Å². The van der Waals surface area contributed by atoms with Crippen molar-refractivity contribution in [2.75, 3.05) is 0 Å². The van der Waals surface area contributed by atoms with Crippen molar-refractivity contribution in [3.8, 4) is 89.3 Å². The number of hydrogen-bond acceptors (Lipinski definition) is 0. The van der Waals surface area contributed by atoms with E-state index in [-0.39, 0.29) is 6.04 Å². The maximum Gasteiger partial charge on any atom is 0.223 e. The van der Waals surface area contributed by atoms with Crippen molar-refractivity contribution in [3.63, 3.8) is 0 Å². The highest BCUT2D eigenvalue weighted by molar-refractivity contribution is 5.96. The maximum absolute atomic E-state index is 2.66. The monoisotopic (exact) mass is 983 g/mol. The SMILES string of the molecule is CCCCc1cccc2c3[n+](ccc12)C(C[n+]1ccccc1-c1cc(-c2cccc(-c4cc(-c5ccccc5)cc(-c5cc(-c6ccccc6)cc(-c6ccccc6)c5)c4)c2)ccc1C)C(C(C)CC)c1ccccc1-3. The van der Waals surface area contributed by atoms with E-state index in [0.717, 1.165) is 19.4 Å². The van der Waals surface area contributed by atoms with Gasteiger partial charge in [0.1, 0.15) is 0 Å². The minimum atomic E-state index is 0.206. The van der Waals surface area contributed by atoms with Gasteiger partial charge < -0.3 is 0 Å². The van der Waals surface area contributed by atoms with E-state index in [1.165, 1.54) is 130 Å². The topological polar surface area (TPSA) is 7.76 Å². The van der Waals surface area contributed by atoms with Crippen LogP contribution in [0.4, 0.5) is 0 Å². The minimum Gasteiger partial charge on any atom is -0.191 e. The van der Waals surface area contributed by atoms with Crippen LogP contribution >= 0.6 is 0 Å². The first-order valence-electron chi connectivity index (χ1n) is 27.6. The molecule has 76 heavy (non-hydrogen) atoms. The van der Waals surface area contributed by atoms with Crippen molar-refractivity contribution >= 4 is 10.8 Å². The Morgan fingerprint density at radius 1 is 0.421 bits per heavy atom. The van der Waals surface area contributed by atoms with Crippen LogP contribution in [0.3, 0.4) is 0 Å². The van der Waals surface area contributed by atoms with Crippen LogP contribution in [-0.4, -0.2) is 0 Å². The van der Waals surface area contributed by atoms with Gasteiger partial charge in [-0.15, -0.1) is 0 Å². The number of rotatable bonds is 14. The number of nitrogens with zero attached hydrogens (tertiary/aromatic N) is 2. The normalized spacial score (nSPS) is 14.3. The lowest BCUT2D eigenvalue weighted by Crippen LogP contribution is -2.55. The quantitative estimate of drug-likeness (QED) is 0.0960. The molecule has 3 heterocycles. The van der Waals surface area contributed by atoms with E-state index in [4.69, 9.17) is 0 Å². The Morgan fingerprint density at radius 2 is 0.934 bits per heavy atom. The van der Waals surface area contributed by atoms with Gasteiger partial charge in [-0.2, -0.15) is 9.13 Å². The fourth-order valence-electron chi connectivity index (χ4n) is 12.2. The van der Waals surface area contributed by atoms with Gasteiger partial charge in [-0.1, -0.05) is 185 Å². The molecule has 1 aliphatic heterocycles. The van der Waals surface area contributed by atoms with E-state index < -0.39 is 0 Å². The Labute approximate surface area is 450 Å². The zero-order chi connectivity index (χ0) is 51.5. The average molecular weight is 983 g/mol. The molecular weight excluding hydrogens is 917 g/mol. The molecule has 0 amide bonds. The Balaban J connectivity index is 0.940. The highest BCUT2D eigenvalue weighted by atomic mass is 15.1. The molecule has 3 atom stereocenters. The predicted octanol–water partition coefficient (Wildman–Crippen LogP) is 18.8. The van der Waals surface area contributed by atoms with E-state index in [1.807, 2.05) is 0 Å². The summed E-state index contributed by atoms with van der Waals surface area (Å²) in [7, 11) is 0. The smallest absolute Gasteiger partial charge is 0.191 e. The number of aromatic nitrogens is 2. The van der Waals surface area contributed by atoms with Gasteiger partial charge in [-0.3, -0.25) is 0 Å². The number of benzene rings is 9. The maximum atomic E-state index is 2.66. The molecule has 0 fully saturated rings. The molecular formula is C74H66N2+2. The molecule has 0 N–H and O–H groups in total. The van der Waals surface area contributed by atoms with Gasteiger partial charge in [-0.25, -0.2) is 0 Å². The fourth-order valence-corrected chi connectivity index (χ4v) is 12.2. The van der Waals surface area contributed by atoms with E-state index in [0.29, 0.717) is 11.8 Å². The fraction of sp³-hybridized carbons (Fsp3) is 0.162. The highest BCUT2D eigenvalue weighted by Gasteiger charge is 2.45. The van der Waals surface area contributed by atoms with Gasteiger partial charge in [-0.05, 0) is 181 Å². The predicted molar refractivity (Wildman–Crippen MR) is 319 cm³/mol. The largest absolute Gasteiger partial charge is 0.223 e. The zero-order valence-corrected chi connectivity index (χ0v) is 44.3. The van der Waals surface area contributed by atoms with Gasteiger partial charge in [0.05, 0.1) is 16.9 Å². The molecule has 0 saturated carbocycles. The molecule has 0 saturated heterocycles. The summed E-state index contributed by atoms with van der Waals surface area (Å²) in [5.74, 6) is 0.828. The van der Waals surface area contributed by atoms with E-state index >= 15 is 0 Å². The first kappa shape index (κ1) is 48.5. The number of pyridine rings is 2. The number of unbranched alkanes of at least 4 members (excludes halogenated alkanes) is 1. The molecule has 0 aliphatic carbocycles. The summed E-state index contributed by atoms with van der Waals surface area (Å²) in [4.78, 5) is 0. The van der Waals surface area contributed by atoms with Gasteiger partial charge in [0.15, 0.2) is 12.4 Å². The summed E-state index contributed by atoms with van der Waals surface area (Å²) in [5, 5.41) is 2.75. The van der Waals surface area contributed by atoms with Crippen LogP contribution in [0.15, 0.2) is 249 Å². The third kappa shape index (κ3) is 9.50. The molecule has 0 spiro atoms. The average Bonchev–Trinajstić information content (AvgIpc) is 3.54. The van der Waals surface area contributed by atoms with Crippen molar-refractivity contribution in [2.24, 2.45) is 5.92 Å². The summed E-state index contributed by atoms with van der Waals surface area (Å²) in [5.41, 5.74) is 23.8. The lowest BCUT2D eigenvalue weighted by Gasteiger charge is -2.33. The second-order valence-corrected chi connectivity index (χ2v) is 21.2. The molecule has 1 aliphatic rings. The summed E-state index contributed by atoms with van der Waals surface area (Å²) < 4.78 is 5.20. The first-order chi connectivity index (χ1) is 37.4. The van der Waals surface area contributed by atoms with Gasteiger partial charge >= 0.3 is 0 Å². The molecule has 370 valence electrons. The van der Waals surface area contributed by atoms with Crippen LogP contribution in [0.25, 0.3) is 100 Å². The lowest BCUT2D eigenvalue weighted by atomic mass is 9.74. The van der Waals surface area contributed by atoms with Crippen LogP contribution in [0, 0.1) is 12.8 Å². The summed E-state index contributed by atoms with van der Waals surface area (Å²) >= 11 is 0. The first-order valence-corrected chi connectivity index (χ1v) is 27.6. The Kier molecular flexibility index (Phi) is 13.7. The second-order valence-electron chi connectivity index (χ2n) is 21.2. The van der Waals surface area contributed by atoms with Crippen molar-refractivity contribution < 1.29 is 9.13 Å². The van der Waals surface area contributed by atoms with Crippen LogP contribution < -0.4 is 9.13 Å². The number of fused-ring (bicyclic) bond motifs is 5. The van der Waals surface area contributed by atoms with Crippen LogP contribution in [0.1, 0.15) is 68.7 Å². The minimum absolute atomic E-state index is 0.206. The molecule has 11 aromatic rings. The van der Waals surface area contributed by atoms with Crippen molar-refractivity contribution in [2.45, 2.75) is 71.9 Å². The molecule has 2 aromatic heterocycles. The van der Waals surface area contributed by atoms with Crippen LogP contribution in [0.5, 0.6) is 0 Å². The molecule has 0 bridgehead atoms.